The Morgan fingerprint density at radius 3 is 1.67 bits per heavy atom. The number of ether oxygens (including phenoxy) is 2. The normalized spacial score (nSPS) is 41.2. The Labute approximate surface area is 310 Å². The Morgan fingerprint density at radius 1 is 0.577 bits per heavy atom. The van der Waals surface area contributed by atoms with E-state index < -0.39 is 11.9 Å². The van der Waals surface area contributed by atoms with Gasteiger partial charge in [-0.15, -0.1) is 0 Å². The molecule has 0 aromatic carbocycles. The van der Waals surface area contributed by atoms with Crippen molar-refractivity contribution in [1.82, 2.24) is 0 Å². The molecule has 8 rings (SSSR count). The molecule has 0 aromatic rings. The zero-order valence-corrected chi connectivity index (χ0v) is 32.6. The molecule has 0 aromatic heterocycles. The van der Waals surface area contributed by atoms with E-state index >= 15 is 0 Å². The van der Waals surface area contributed by atoms with Crippen molar-refractivity contribution < 1.29 is 38.2 Å². The topological polar surface area (TPSA) is 121 Å². The number of ketones is 3. The van der Waals surface area contributed by atoms with Gasteiger partial charge in [0, 0.05) is 57.3 Å². The number of fused-ring (bicyclic) bond motifs is 10. The third-order valence-electron chi connectivity index (χ3n) is 15.7. The zero-order chi connectivity index (χ0) is 37.8. The van der Waals surface area contributed by atoms with E-state index in [1.165, 1.54) is 44.8 Å². The molecule has 8 aliphatic carbocycles. The molecule has 2 unspecified atom stereocenters. The average Bonchev–Trinajstić information content (AvgIpc) is 3.55. The van der Waals surface area contributed by atoms with Crippen molar-refractivity contribution in [3.05, 3.63) is 35.1 Å². The summed E-state index contributed by atoms with van der Waals surface area (Å²) >= 11 is 0. The zero-order valence-electron chi connectivity index (χ0n) is 32.6. The van der Waals surface area contributed by atoms with Crippen LogP contribution in [0.1, 0.15) is 145 Å². The van der Waals surface area contributed by atoms with Crippen LogP contribution >= 0.6 is 0 Å². The summed E-state index contributed by atoms with van der Waals surface area (Å²) in [7, 11) is 0. The molecule has 0 bridgehead atoms. The van der Waals surface area contributed by atoms with E-state index in [-0.39, 0.29) is 27.6 Å². The summed E-state index contributed by atoms with van der Waals surface area (Å²) in [5, 5.41) is 0. The molecule has 52 heavy (non-hydrogen) atoms. The van der Waals surface area contributed by atoms with Gasteiger partial charge in [-0.05, 0) is 135 Å². The summed E-state index contributed by atoms with van der Waals surface area (Å²) in [6.45, 7) is 13.1. The number of esters is 3. The first-order chi connectivity index (χ1) is 24.4. The van der Waals surface area contributed by atoms with Crippen LogP contribution < -0.4 is 0 Å². The molecular formula is C44H60O8. The van der Waals surface area contributed by atoms with Gasteiger partial charge in [-0.25, -0.2) is 0 Å². The minimum Gasteiger partial charge on any atom is -0.431 e. The molecule has 0 aliphatic heterocycles. The Balaban J connectivity index is 0.000000152. The summed E-state index contributed by atoms with van der Waals surface area (Å²) in [5.41, 5.74) is 3.12. The van der Waals surface area contributed by atoms with Crippen LogP contribution in [-0.4, -0.2) is 35.3 Å². The summed E-state index contributed by atoms with van der Waals surface area (Å²) in [5.74, 6) is 4.74. The van der Waals surface area contributed by atoms with Crippen LogP contribution in [0.5, 0.6) is 0 Å². The van der Waals surface area contributed by atoms with Crippen molar-refractivity contribution >= 4 is 35.3 Å². The molecule has 0 amide bonds. The van der Waals surface area contributed by atoms with E-state index in [2.05, 4.69) is 44.6 Å². The number of carbonyl (C=O) groups excluding carboxylic acids is 6. The van der Waals surface area contributed by atoms with Crippen LogP contribution in [0.3, 0.4) is 0 Å². The van der Waals surface area contributed by atoms with Crippen molar-refractivity contribution in [3.63, 3.8) is 0 Å². The molecule has 5 fully saturated rings. The highest BCUT2D eigenvalue weighted by Crippen LogP contribution is 2.65. The fourth-order valence-corrected chi connectivity index (χ4v) is 12.9. The van der Waals surface area contributed by atoms with Crippen LogP contribution in [0.15, 0.2) is 35.1 Å². The number of carbonyl (C=O) groups is 6. The molecule has 0 radical (unpaired) electrons. The molecule has 0 heterocycles. The number of Topliss-reactive ketones (excluding diaryl/α,β-unsaturated/α-hetero) is 2. The first kappa shape index (κ1) is 38.6. The maximum Gasteiger partial charge on any atom is 0.310 e. The van der Waals surface area contributed by atoms with E-state index in [0.717, 1.165) is 89.2 Å². The van der Waals surface area contributed by atoms with Gasteiger partial charge in [0.15, 0.2) is 5.78 Å². The second-order valence-electron chi connectivity index (χ2n) is 18.3. The molecule has 0 spiro atoms. The Kier molecular flexibility index (Phi) is 10.6. The Morgan fingerprint density at radius 2 is 1.12 bits per heavy atom. The third-order valence-corrected chi connectivity index (χ3v) is 15.7. The second kappa shape index (κ2) is 14.2. The summed E-state index contributed by atoms with van der Waals surface area (Å²) in [4.78, 5) is 67.4. The van der Waals surface area contributed by atoms with Gasteiger partial charge >= 0.3 is 17.9 Å². The minimum atomic E-state index is -0.562. The number of hydrogen-bond acceptors (Lipinski definition) is 8. The lowest BCUT2D eigenvalue weighted by atomic mass is 9.47. The van der Waals surface area contributed by atoms with Gasteiger partial charge in [-0.3, -0.25) is 28.8 Å². The van der Waals surface area contributed by atoms with Crippen LogP contribution in [0.4, 0.5) is 0 Å². The molecular weight excluding hydrogens is 656 g/mol. The average molecular weight is 717 g/mol. The first-order valence-corrected chi connectivity index (χ1v) is 20.0. The highest BCUT2D eigenvalue weighted by Gasteiger charge is 2.60. The molecule has 5 saturated carbocycles. The first-order valence-electron chi connectivity index (χ1n) is 20.0. The van der Waals surface area contributed by atoms with Crippen LogP contribution in [0.2, 0.25) is 0 Å². The molecule has 8 nitrogen and oxygen atoms in total. The highest BCUT2D eigenvalue weighted by molar-refractivity contribution is 5.92. The fourth-order valence-electron chi connectivity index (χ4n) is 12.9. The van der Waals surface area contributed by atoms with Gasteiger partial charge in [0.2, 0.25) is 0 Å². The molecule has 8 aliphatic rings. The number of rotatable bonds is 1. The molecule has 0 N–H and O–H groups in total. The van der Waals surface area contributed by atoms with E-state index in [1.54, 1.807) is 0 Å². The van der Waals surface area contributed by atoms with Crippen molar-refractivity contribution in [1.29, 1.82) is 0 Å². The largest absolute Gasteiger partial charge is 0.431 e. The maximum atomic E-state index is 12.4. The number of hydrogen-bond donors (Lipinski definition) is 0. The summed E-state index contributed by atoms with van der Waals surface area (Å²) < 4.78 is 9.33. The van der Waals surface area contributed by atoms with Crippen LogP contribution in [0, 0.1) is 57.2 Å². The third kappa shape index (κ3) is 6.74. The maximum absolute atomic E-state index is 12.4. The Hall–Kier alpha value is -3.16. The van der Waals surface area contributed by atoms with Crippen molar-refractivity contribution in [2.24, 2.45) is 57.2 Å². The smallest absolute Gasteiger partial charge is 0.310 e. The second-order valence-corrected chi connectivity index (χ2v) is 18.3. The van der Waals surface area contributed by atoms with Gasteiger partial charge in [-0.1, -0.05) is 39.3 Å². The van der Waals surface area contributed by atoms with Crippen molar-refractivity contribution in [2.75, 3.05) is 0 Å². The Bertz CT molecular complexity index is 1620. The van der Waals surface area contributed by atoms with Gasteiger partial charge < -0.3 is 9.47 Å². The monoisotopic (exact) mass is 716 g/mol. The lowest BCUT2D eigenvalue weighted by Gasteiger charge is -2.56. The molecule has 10 atom stereocenters. The number of allylic oxidation sites excluding steroid dienone is 5. The van der Waals surface area contributed by atoms with Crippen molar-refractivity contribution in [3.8, 4) is 0 Å². The lowest BCUT2D eigenvalue weighted by molar-refractivity contribution is -0.156. The van der Waals surface area contributed by atoms with E-state index in [0.29, 0.717) is 52.9 Å². The van der Waals surface area contributed by atoms with Crippen LogP contribution in [-0.2, 0) is 38.2 Å². The SMILES string of the molecule is CC(=O)OC(C)=O.CC(=O)OC1=CC2=CC[C@@H]3C(CC[C@]4(C)C(=O)CC[C@@H]34)[C@@]2(C)CC1.C[C@]12CCC(=O)C=C1CC[C@@H]1C2CC[C@]2(C)C(=O)CC[C@@H]12. The summed E-state index contributed by atoms with van der Waals surface area (Å²) in [6.07, 6.45) is 21.8. The molecule has 284 valence electrons. The van der Waals surface area contributed by atoms with Crippen LogP contribution in [0.25, 0.3) is 0 Å². The van der Waals surface area contributed by atoms with Gasteiger partial charge in [-0.2, -0.15) is 0 Å². The standard InChI is InChI=1S/C21H28O3.C19H26O2.C4H6O3/c1-13(22)24-15-8-10-20(2)14(12-15)4-5-16-17-6-7-19(23)21(17,3)11-9-18(16)20;1-18-9-7-13(20)11-12(18)3-4-14-15-5-6-17(21)19(15,2)10-8-16(14)18;1-3(5)7-4(2)6/h4,12,16-18H,5-11H2,1-3H3;11,14-16H,3-10H2,1-2H3;1-2H3/t16-,17-,18?,20-,21-;14-,15-,16?,18-,19-;/m00./s1. The molecule has 8 heteroatoms. The quantitative estimate of drug-likeness (QED) is 0.195. The van der Waals surface area contributed by atoms with Gasteiger partial charge in [0.05, 0.1) is 0 Å². The minimum absolute atomic E-state index is 0.0246. The van der Waals surface area contributed by atoms with E-state index in [1.807, 2.05) is 6.08 Å². The predicted molar refractivity (Wildman–Crippen MR) is 196 cm³/mol. The van der Waals surface area contributed by atoms with Gasteiger partial charge in [0.25, 0.3) is 0 Å². The predicted octanol–water partition coefficient (Wildman–Crippen LogP) is 8.76. The lowest BCUT2D eigenvalue weighted by Crippen LogP contribution is -2.50. The van der Waals surface area contributed by atoms with Crippen molar-refractivity contribution in [2.45, 2.75) is 145 Å². The summed E-state index contributed by atoms with van der Waals surface area (Å²) in [6, 6.07) is 0. The van der Waals surface area contributed by atoms with E-state index in [4.69, 9.17) is 4.74 Å². The van der Waals surface area contributed by atoms with Gasteiger partial charge in [0.1, 0.15) is 17.3 Å². The fraction of sp³-hybridized carbons (Fsp3) is 0.727. The van der Waals surface area contributed by atoms with E-state index in [9.17, 15) is 28.8 Å². The molecule has 0 saturated heterocycles. The highest BCUT2D eigenvalue weighted by atomic mass is 16.6.